The van der Waals surface area contributed by atoms with Crippen LogP contribution in [-0.4, -0.2) is 54.5 Å². The van der Waals surface area contributed by atoms with Crippen LogP contribution in [0.25, 0.3) is 0 Å². The van der Waals surface area contributed by atoms with Crippen LogP contribution in [0.2, 0.25) is 0 Å². The SMILES string of the molecule is CCN1CCN(C(=O)[C@@H](C)Oc2ccc(Br)cc2)CC1. The highest BCUT2D eigenvalue weighted by Gasteiger charge is 2.25. The van der Waals surface area contributed by atoms with E-state index in [2.05, 4.69) is 27.8 Å². The molecule has 0 aromatic heterocycles. The number of piperazine rings is 1. The molecule has 1 atom stereocenters. The minimum Gasteiger partial charge on any atom is -0.481 e. The van der Waals surface area contributed by atoms with Crippen LogP contribution in [0.5, 0.6) is 5.75 Å². The number of halogens is 1. The van der Waals surface area contributed by atoms with Gasteiger partial charge in [-0.05, 0) is 37.7 Å². The van der Waals surface area contributed by atoms with Crippen LogP contribution >= 0.6 is 15.9 Å². The van der Waals surface area contributed by atoms with E-state index < -0.39 is 6.10 Å². The molecule has 2 rings (SSSR count). The Kier molecular flexibility index (Phi) is 5.43. The number of ether oxygens (including phenoxy) is 1. The van der Waals surface area contributed by atoms with Crippen molar-refractivity contribution in [1.82, 2.24) is 9.80 Å². The Balaban J connectivity index is 1.87. The number of likely N-dealkylation sites (N-methyl/N-ethyl adjacent to an activating group) is 1. The summed E-state index contributed by atoms with van der Waals surface area (Å²) >= 11 is 3.38. The third kappa shape index (κ3) is 3.96. The Morgan fingerprint density at radius 2 is 1.85 bits per heavy atom. The van der Waals surface area contributed by atoms with Gasteiger partial charge in [-0.15, -0.1) is 0 Å². The first-order valence-electron chi connectivity index (χ1n) is 7.03. The van der Waals surface area contributed by atoms with Gasteiger partial charge in [0.05, 0.1) is 0 Å². The number of hydrogen-bond acceptors (Lipinski definition) is 3. The van der Waals surface area contributed by atoms with Crippen LogP contribution in [0.4, 0.5) is 0 Å². The van der Waals surface area contributed by atoms with Crippen molar-refractivity contribution < 1.29 is 9.53 Å². The molecule has 0 saturated carbocycles. The maximum absolute atomic E-state index is 12.3. The minimum absolute atomic E-state index is 0.0728. The Bertz CT molecular complexity index is 442. The summed E-state index contributed by atoms with van der Waals surface area (Å²) in [6, 6.07) is 7.55. The van der Waals surface area contributed by atoms with Crippen LogP contribution in [-0.2, 0) is 4.79 Å². The van der Waals surface area contributed by atoms with Crippen molar-refractivity contribution in [1.29, 1.82) is 0 Å². The highest BCUT2D eigenvalue weighted by atomic mass is 79.9. The molecule has 110 valence electrons. The molecule has 1 amide bonds. The summed E-state index contributed by atoms with van der Waals surface area (Å²) in [4.78, 5) is 16.6. The summed E-state index contributed by atoms with van der Waals surface area (Å²) in [6.07, 6.45) is -0.440. The molecule has 0 aliphatic carbocycles. The first-order valence-corrected chi connectivity index (χ1v) is 7.83. The lowest BCUT2D eigenvalue weighted by Gasteiger charge is -2.35. The van der Waals surface area contributed by atoms with Gasteiger partial charge in [0.25, 0.3) is 5.91 Å². The van der Waals surface area contributed by atoms with Crippen molar-refractivity contribution in [2.75, 3.05) is 32.7 Å². The number of hydrogen-bond donors (Lipinski definition) is 0. The zero-order chi connectivity index (χ0) is 14.5. The Morgan fingerprint density at radius 3 is 2.40 bits per heavy atom. The molecule has 0 spiro atoms. The largest absolute Gasteiger partial charge is 0.481 e. The smallest absolute Gasteiger partial charge is 0.263 e. The Morgan fingerprint density at radius 1 is 1.25 bits per heavy atom. The van der Waals surface area contributed by atoms with Gasteiger partial charge in [-0.1, -0.05) is 22.9 Å². The van der Waals surface area contributed by atoms with E-state index in [-0.39, 0.29) is 5.91 Å². The summed E-state index contributed by atoms with van der Waals surface area (Å²) in [7, 11) is 0. The number of amides is 1. The third-order valence-corrected chi connectivity index (χ3v) is 4.13. The molecule has 0 unspecified atom stereocenters. The van der Waals surface area contributed by atoms with Crippen molar-refractivity contribution in [3.8, 4) is 5.75 Å². The number of nitrogens with zero attached hydrogens (tertiary/aromatic N) is 2. The van der Waals surface area contributed by atoms with Crippen molar-refractivity contribution in [2.24, 2.45) is 0 Å². The molecular weight excluding hydrogens is 320 g/mol. The van der Waals surface area contributed by atoms with Gasteiger partial charge in [-0.2, -0.15) is 0 Å². The van der Waals surface area contributed by atoms with E-state index >= 15 is 0 Å². The van der Waals surface area contributed by atoms with Gasteiger partial charge in [-0.3, -0.25) is 4.79 Å². The van der Waals surface area contributed by atoms with E-state index in [4.69, 9.17) is 4.74 Å². The molecule has 1 aliphatic heterocycles. The van der Waals surface area contributed by atoms with Crippen LogP contribution < -0.4 is 4.74 Å². The average molecular weight is 341 g/mol. The summed E-state index contributed by atoms with van der Waals surface area (Å²) < 4.78 is 6.71. The molecule has 1 aliphatic rings. The third-order valence-electron chi connectivity index (χ3n) is 3.61. The first-order chi connectivity index (χ1) is 9.60. The molecule has 0 N–H and O–H groups in total. The van der Waals surface area contributed by atoms with Crippen LogP contribution in [0, 0.1) is 0 Å². The molecule has 4 nitrogen and oxygen atoms in total. The van der Waals surface area contributed by atoms with Crippen molar-refractivity contribution in [3.05, 3.63) is 28.7 Å². The molecule has 0 bridgehead atoms. The molecule has 1 fully saturated rings. The van der Waals surface area contributed by atoms with Crippen molar-refractivity contribution >= 4 is 21.8 Å². The molecule has 1 aromatic rings. The highest BCUT2D eigenvalue weighted by Crippen LogP contribution is 2.18. The predicted octanol–water partition coefficient (Wildman–Crippen LogP) is 2.38. The molecule has 20 heavy (non-hydrogen) atoms. The van der Waals surface area contributed by atoms with E-state index in [1.165, 1.54) is 0 Å². The van der Waals surface area contributed by atoms with Gasteiger partial charge >= 0.3 is 0 Å². The zero-order valence-corrected chi connectivity index (χ0v) is 13.6. The van der Waals surface area contributed by atoms with Gasteiger partial charge in [0, 0.05) is 30.7 Å². The fraction of sp³-hybridized carbons (Fsp3) is 0.533. The maximum atomic E-state index is 12.3. The minimum atomic E-state index is -0.440. The number of carbonyl (C=O) groups excluding carboxylic acids is 1. The quantitative estimate of drug-likeness (QED) is 0.843. The monoisotopic (exact) mass is 340 g/mol. The molecule has 1 heterocycles. The highest BCUT2D eigenvalue weighted by molar-refractivity contribution is 9.10. The summed E-state index contributed by atoms with van der Waals surface area (Å²) in [5, 5.41) is 0. The predicted molar refractivity (Wildman–Crippen MR) is 82.9 cm³/mol. The van der Waals surface area contributed by atoms with E-state index in [1.54, 1.807) is 0 Å². The summed E-state index contributed by atoms with van der Waals surface area (Å²) in [5.41, 5.74) is 0. The van der Waals surface area contributed by atoms with Gasteiger partial charge in [0.15, 0.2) is 6.10 Å². The zero-order valence-electron chi connectivity index (χ0n) is 12.0. The van der Waals surface area contributed by atoms with Crippen LogP contribution in [0.15, 0.2) is 28.7 Å². The van der Waals surface area contributed by atoms with E-state index in [1.807, 2.05) is 36.1 Å². The fourth-order valence-electron chi connectivity index (χ4n) is 2.31. The summed E-state index contributed by atoms with van der Waals surface area (Å²) in [6.45, 7) is 8.50. The van der Waals surface area contributed by atoms with Gasteiger partial charge in [-0.25, -0.2) is 0 Å². The molecular formula is C15H21BrN2O2. The fourth-order valence-corrected chi connectivity index (χ4v) is 2.57. The second kappa shape index (κ2) is 7.09. The molecule has 5 heteroatoms. The van der Waals surface area contributed by atoms with Crippen molar-refractivity contribution in [3.63, 3.8) is 0 Å². The molecule has 0 radical (unpaired) electrons. The lowest BCUT2D eigenvalue weighted by Crippen LogP contribution is -2.51. The molecule has 1 aromatic carbocycles. The topological polar surface area (TPSA) is 32.8 Å². The standard InChI is InChI=1S/C15H21BrN2O2/c1-3-17-8-10-18(11-9-17)15(19)12(2)20-14-6-4-13(16)5-7-14/h4-7,12H,3,8-11H2,1-2H3/t12-/m1/s1. The number of rotatable bonds is 4. The van der Waals surface area contributed by atoms with Crippen molar-refractivity contribution in [2.45, 2.75) is 20.0 Å². The second-order valence-electron chi connectivity index (χ2n) is 4.97. The Labute approximate surface area is 128 Å². The lowest BCUT2D eigenvalue weighted by atomic mass is 10.2. The van der Waals surface area contributed by atoms with E-state index in [0.29, 0.717) is 0 Å². The van der Waals surface area contributed by atoms with Gasteiger partial charge in [0.1, 0.15) is 5.75 Å². The normalized spacial score (nSPS) is 17.9. The molecule has 1 saturated heterocycles. The second-order valence-corrected chi connectivity index (χ2v) is 5.89. The number of carbonyl (C=O) groups is 1. The van der Waals surface area contributed by atoms with E-state index in [9.17, 15) is 4.79 Å². The van der Waals surface area contributed by atoms with Gasteiger partial charge in [0.2, 0.25) is 0 Å². The lowest BCUT2D eigenvalue weighted by molar-refractivity contribution is -0.139. The van der Waals surface area contributed by atoms with Crippen LogP contribution in [0.3, 0.4) is 0 Å². The van der Waals surface area contributed by atoms with Crippen LogP contribution in [0.1, 0.15) is 13.8 Å². The average Bonchev–Trinajstić information content (AvgIpc) is 2.49. The van der Waals surface area contributed by atoms with Gasteiger partial charge < -0.3 is 14.5 Å². The van der Waals surface area contributed by atoms with E-state index in [0.717, 1.165) is 42.9 Å². The maximum Gasteiger partial charge on any atom is 0.263 e. The summed E-state index contributed by atoms with van der Waals surface area (Å²) in [5.74, 6) is 0.796. The number of benzene rings is 1. The Hall–Kier alpha value is -1.07. The first kappa shape index (κ1) is 15.3.